The van der Waals surface area contributed by atoms with E-state index in [9.17, 15) is 9.59 Å². The Morgan fingerprint density at radius 3 is 2.40 bits per heavy atom. The summed E-state index contributed by atoms with van der Waals surface area (Å²) in [5, 5.41) is 3.09. The van der Waals surface area contributed by atoms with Crippen LogP contribution in [-0.2, 0) is 9.53 Å². The van der Waals surface area contributed by atoms with Crippen LogP contribution in [0, 0.1) is 19.8 Å². The molecule has 2 amide bonds. The molecular formula is C23H35N3O4. The molecule has 0 spiro atoms. The van der Waals surface area contributed by atoms with Crippen LogP contribution in [0.1, 0.15) is 60.4 Å². The van der Waals surface area contributed by atoms with Crippen LogP contribution in [0.2, 0.25) is 0 Å². The second-order valence-electron chi connectivity index (χ2n) is 9.08. The first-order valence-electron chi connectivity index (χ1n) is 11.5. The van der Waals surface area contributed by atoms with Crippen LogP contribution < -0.4 is 5.32 Å². The van der Waals surface area contributed by atoms with Crippen molar-refractivity contribution in [3.05, 3.63) is 23.2 Å². The molecule has 0 radical (unpaired) electrons. The van der Waals surface area contributed by atoms with Crippen LogP contribution in [0.25, 0.3) is 0 Å². The van der Waals surface area contributed by atoms with Crippen molar-refractivity contribution < 1.29 is 18.7 Å². The fourth-order valence-electron chi connectivity index (χ4n) is 5.12. The second kappa shape index (κ2) is 9.52. The molecule has 30 heavy (non-hydrogen) atoms. The van der Waals surface area contributed by atoms with E-state index in [0.717, 1.165) is 82.6 Å². The zero-order valence-electron chi connectivity index (χ0n) is 18.3. The van der Waals surface area contributed by atoms with Gasteiger partial charge in [0.1, 0.15) is 5.76 Å². The lowest BCUT2D eigenvalue weighted by atomic mass is 9.92. The third kappa shape index (κ3) is 4.89. The number of carbonyl (C=O) groups excluding carboxylic acids is 2. The van der Waals surface area contributed by atoms with Crippen LogP contribution in [0.15, 0.2) is 10.5 Å². The number of aryl methyl sites for hydroxylation is 2. The predicted octanol–water partition coefficient (Wildman–Crippen LogP) is 2.51. The summed E-state index contributed by atoms with van der Waals surface area (Å²) in [7, 11) is 0. The van der Waals surface area contributed by atoms with E-state index < -0.39 is 0 Å². The molecule has 0 bridgehead atoms. The second-order valence-corrected chi connectivity index (χ2v) is 9.08. The van der Waals surface area contributed by atoms with E-state index in [1.165, 1.54) is 0 Å². The van der Waals surface area contributed by atoms with Gasteiger partial charge in [0.15, 0.2) is 5.76 Å². The number of carbonyl (C=O) groups is 2. The summed E-state index contributed by atoms with van der Waals surface area (Å²) in [6.45, 7) is 8.75. The van der Waals surface area contributed by atoms with Crippen molar-refractivity contribution in [2.75, 3.05) is 39.3 Å². The molecule has 0 aliphatic carbocycles. The quantitative estimate of drug-likeness (QED) is 0.797. The predicted molar refractivity (Wildman–Crippen MR) is 113 cm³/mol. The fourth-order valence-corrected chi connectivity index (χ4v) is 5.12. The molecular weight excluding hydrogens is 382 g/mol. The molecule has 1 N–H and O–H groups in total. The number of nitrogens with zero attached hydrogens (tertiary/aromatic N) is 2. The lowest BCUT2D eigenvalue weighted by molar-refractivity contribution is -0.127. The summed E-state index contributed by atoms with van der Waals surface area (Å²) >= 11 is 0. The van der Waals surface area contributed by atoms with Crippen molar-refractivity contribution in [1.29, 1.82) is 0 Å². The molecule has 4 heterocycles. The number of hydrogen-bond acceptors (Lipinski definition) is 5. The van der Waals surface area contributed by atoms with E-state index in [1.54, 1.807) is 0 Å². The molecule has 3 saturated heterocycles. The number of likely N-dealkylation sites (tertiary alicyclic amines) is 2. The molecule has 1 atom stereocenters. The van der Waals surface area contributed by atoms with Crippen LogP contribution in [0.4, 0.5) is 0 Å². The average molecular weight is 418 g/mol. The van der Waals surface area contributed by atoms with Gasteiger partial charge in [-0.2, -0.15) is 0 Å². The Bertz CT molecular complexity index is 740. The summed E-state index contributed by atoms with van der Waals surface area (Å²) < 4.78 is 11.2. The lowest BCUT2D eigenvalue weighted by Gasteiger charge is -2.41. The SMILES string of the molecule is Cc1cc(C)c(C(=O)N2CCC(N3CCC(C(=O)NC[C@H]4CCCO4)CC3)CC2)o1. The highest BCUT2D eigenvalue weighted by Gasteiger charge is 2.33. The molecule has 4 rings (SSSR count). The maximum Gasteiger partial charge on any atom is 0.289 e. The molecule has 3 aliphatic heterocycles. The first-order valence-corrected chi connectivity index (χ1v) is 11.5. The van der Waals surface area contributed by atoms with Crippen LogP contribution in [0.3, 0.4) is 0 Å². The Labute approximate surface area is 179 Å². The van der Waals surface area contributed by atoms with Gasteiger partial charge in [0.2, 0.25) is 5.91 Å². The largest absolute Gasteiger partial charge is 0.456 e. The van der Waals surface area contributed by atoms with Gasteiger partial charge < -0.3 is 24.3 Å². The van der Waals surface area contributed by atoms with E-state index in [1.807, 2.05) is 24.8 Å². The smallest absolute Gasteiger partial charge is 0.289 e. The van der Waals surface area contributed by atoms with E-state index in [2.05, 4.69) is 10.2 Å². The Morgan fingerprint density at radius 2 is 1.80 bits per heavy atom. The highest BCUT2D eigenvalue weighted by Crippen LogP contribution is 2.26. The summed E-state index contributed by atoms with van der Waals surface area (Å²) in [5.41, 5.74) is 0.916. The molecule has 0 saturated carbocycles. The van der Waals surface area contributed by atoms with Crippen molar-refractivity contribution in [3.8, 4) is 0 Å². The van der Waals surface area contributed by atoms with Gasteiger partial charge in [0.05, 0.1) is 6.10 Å². The van der Waals surface area contributed by atoms with Gasteiger partial charge in [-0.05, 0) is 71.5 Å². The minimum Gasteiger partial charge on any atom is -0.456 e. The van der Waals surface area contributed by atoms with Crippen molar-refractivity contribution in [2.24, 2.45) is 5.92 Å². The number of amides is 2. The summed E-state index contributed by atoms with van der Waals surface area (Å²) in [6.07, 6.45) is 6.17. The maximum atomic E-state index is 12.8. The minimum atomic E-state index is 0.0145. The number of piperidine rings is 2. The van der Waals surface area contributed by atoms with Gasteiger partial charge in [0, 0.05) is 43.8 Å². The maximum absolute atomic E-state index is 12.8. The molecule has 7 heteroatoms. The third-order valence-corrected chi connectivity index (χ3v) is 6.93. The molecule has 166 valence electrons. The van der Waals surface area contributed by atoms with Gasteiger partial charge in [-0.15, -0.1) is 0 Å². The summed E-state index contributed by atoms with van der Waals surface area (Å²) in [4.78, 5) is 29.7. The summed E-state index contributed by atoms with van der Waals surface area (Å²) in [6, 6.07) is 2.42. The van der Waals surface area contributed by atoms with Gasteiger partial charge in [-0.25, -0.2) is 0 Å². The number of furan rings is 1. The Balaban J connectivity index is 1.19. The van der Waals surface area contributed by atoms with Crippen molar-refractivity contribution in [2.45, 2.75) is 64.5 Å². The highest BCUT2D eigenvalue weighted by molar-refractivity contribution is 5.93. The third-order valence-electron chi connectivity index (χ3n) is 6.93. The standard InChI is InChI=1S/C23H35N3O4/c1-16-14-17(2)30-21(16)23(28)26-11-7-19(8-12-26)25-9-5-18(6-10-25)22(27)24-15-20-4-3-13-29-20/h14,18-20H,3-13,15H2,1-2H3,(H,24,27)/t20-/m1/s1. The number of rotatable bonds is 5. The molecule has 3 aliphatic rings. The topological polar surface area (TPSA) is 75.0 Å². The van der Waals surface area contributed by atoms with Crippen molar-refractivity contribution in [3.63, 3.8) is 0 Å². The first-order chi connectivity index (χ1) is 14.5. The molecule has 1 aromatic rings. The Kier molecular flexibility index (Phi) is 6.78. The number of ether oxygens (including phenoxy) is 1. The van der Waals surface area contributed by atoms with Crippen LogP contribution in [0.5, 0.6) is 0 Å². The van der Waals surface area contributed by atoms with E-state index in [0.29, 0.717) is 18.3 Å². The Morgan fingerprint density at radius 1 is 1.07 bits per heavy atom. The van der Waals surface area contributed by atoms with E-state index in [4.69, 9.17) is 9.15 Å². The molecule has 1 aromatic heterocycles. The van der Waals surface area contributed by atoms with E-state index in [-0.39, 0.29) is 23.8 Å². The van der Waals surface area contributed by atoms with Crippen LogP contribution >= 0.6 is 0 Å². The minimum absolute atomic E-state index is 0.0145. The molecule has 7 nitrogen and oxygen atoms in total. The van der Waals surface area contributed by atoms with Crippen molar-refractivity contribution >= 4 is 11.8 Å². The van der Waals surface area contributed by atoms with Gasteiger partial charge >= 0.3 is 0 Å². The van der Waals surface area contributed by atoms with Gasteiger partial charge in [0.25, 0.3) is 5.91 Å². The lowest BCUT2D eigenvalue weighted by Crippen LogP contribution is -2.50. The first kappa shape index (κ1) is 21.4. The highest BCUT2D eigenvalue weighted by atomic mass is 16.5. The number of nitrogens with one attached hydrogen (secondary N) is 1. The molecule has 0 unspecified atom stereocenters. The Hall–Kier alpha value is -1.86. The summed E-state index contributed by atoms with van der Waals surface area (Å²) in [5.74, 6) is 1.60. The van der Waals surface area contributed by atoms with Crippen molar-refractivity contribution in [1.82, 2.24) is 15.1 Å². The zero-order chi connectivity index (χ0) is 21.1. The average Bonchev–Trinajstić information content (AvgIpc) is 3.41. The zero-order valence-corrected chi connectivity index (χ0v) is 18.3. The monoisotopic (exact) mass is 417 g/mol. The number of hydrogen-bond donors (Lipinski definition) is 1. The van der Waals surface area contributed by atoms with Gasteiger partial charge in [-0.3, -0.25) is 9.59 Å². The van der Waals surface area contributed by atoms with Gasteiger partial charge in [-0.1, -0.05) is 0 Å². The molecule has 3 fully saturated rings. The molecule has 0 aromatic carbocycles. The van der Waals surface area contributed by atoms with E-state index >= 15 is 0 Å². The van der Waals surface area contributed by atoms with Crippen LogP contribution in [-0.4, -0.2) is 73.1 Å². The normalized spacial score (nSPS) is 24.3. The fraction of sp³-hybridized carbons (Fsp3) is 0.739.